The molecule has 6 heteroatoms. The first kappa shape index (κ1) is 12.6. The highest BCUT2D eigenvalue weighted by molar-refractivity contribution is 7.80. The van der Waals surface area contributed by atoms with Gasteiger partial charge in [-0.25, -0.2) is 4.68 Å². The molecule has 0 spiro atoms. The van der Waals surface area contributed by atoms with Crippen LogP contribution >= 0.6 is 24.4 Å². The average Bonchev–Trinajstić information content (AvgIpc) is 2.79. The monoisotopic (exact) mass is 274 g/mol. The van der Waals surface area contributed by atoms with Crippen LogP contribution in [0, 0.1) is 6.92 Å². The molecule has 0 fully saturated rings. The van der Waals surface area contributed by atoms with Crippen molar-refractivity contribution in [1.82, 2.24) is 9.78 Å². The van der Waals surface area contributed by atoms with E-state index in [2.05, 4.69) is 32.8 Å². The Labute approximate surface area is 115 Å². The molecule has 0 amide bonds. The van der Waals surface area contributed by atoms with Gasteiger partial charge in [0.2, 0.25) is 0 Å². The number of hydrogen-bond donors (Lipinski definition) is 1. The maximum Gasteiger partial charge on any atom is 0.198 e. The standard InChI is InChI=1S/C12H10N4S2/c1-9-6-7-16(15-9)12(18)14-11-4-2-10(3-5-11)13-8-17/h2-7H,1H3,(H,14,18). The first-order chi connectivity index (χ1) is 8.69. The third-order valence-corrected chi connectivity index (χ3v) is 2.60. The lowest BCUT2D eigenvalue weighted by atomic mass is 10.3. The number of nitrogens with one attached hydrogen (secondary N) is 1. The van der Waals surface area contributed by atoms with Crippen LogP contribution in [-0.2, 0) is 0 Å². The normalized spacial score (nSPS) is 9.61. The molecule has 0 aliphatic carbocycles. The molecular formula is C12H10N4S2. The van der Waals surface area contributed by atoms with Gasteiger partial charge in [0.15, 0.2) is 5.11 Å². The SMILES string of the molecule is Cc1ccn(C(=S)Nc2ccc(N=C=S)cc2)n1. The second-order valence-electron chi connectivity index (χ2n) is 3.58. The lowest BCUT2D eigenvalue weighted by Crippen LogP contribution is -2.19. The smallest absolute Gasteiger partial charge is 0.198 e. The fourth-order valence-corrected chi connectivity index (χ4v) is 1.71. The number of isothiocyanates is 1. The van der Waals surface area contributed by atoms with E-state index in [1.165, 1.54) is 0 Å². The number of anilines is 1. The van der Waals surface area contributed by atoms with Gasteiger partial charge in [0.05, 0.1) is 16.5 Å². The van der Waals surface area contributed by atoms with Gasteiger partial charge in [-0.2, -0.15) is 10.1 Å². The minimum absolute atomic E-state index is 0.522. The van der Waals surface area contributed by atoms with Crippen molar-refractivity contribution >= 4 is 46.1 Å². The predicted octanol–water partition coefficient (Wildman–Crippen LogP) is 3.17. The van der Waals surface area contributed by atoms with E-state index in [1.807, 2.05) is 43.5 Å². The quantitative estimate of drug-likeness (QED) is 0.674. The summed E-state index contributed by atoms with van der Waals surface area (Å²) in [5, 5.41) is 10.2. The lowest BCUT2D eigenvalue weighted by molar-refractivity contribution is 0.923. The Kier molecular flexibility index (Phi) is 3.94. The molecule has 0 radical (unpaired) electrons. The van der Waals surface area contributed by atoms with E-state index < -0.39 is 0 Å². The van der Waals surface area contributed by atoms with Gasteiger partial charge < -0.3 is 5.32 Å². The molecule has 18 heavy (non-hydrogen) atoms. The summed E-state index contributed by atoms with van der Waals surface area (Å²) in [4.78, 5) is 3.88. The van der Waals surface area contributed by atoms with Gasteiger partial charge in [-0.15, -0.1) is 0 Å². The molecule has 4 nitrogen and oxygen atoms in total. The van der Waals surface area contributed by atoms with E-state index in [-0.39, 0.29) is 0 Å². The van der Waals surface area contributed by atoms with Gasteiger partial charge in [0.25, 0.3) is 0 Å². The number of hydrogen-bond acceptors (Lipinski definition) is 4. The highest BCUT2D eigenvalue weighted by atomic mass is 32.1. The van der Waals surface area contributed by atoms with Crippen LogP contribution in [0.2, 0.25) is 0 Å². The maximum absolute atomic E-state index is 5.24. The van der Waals surface area contributed by atoms with Crippen molar-refractivity contribution in [3.63, 3.8) is 0 Å². The Balaban J connectivity index is 2.09. The zero-order chi connectivity index (χ0) is 13.0. The summed E-state index contributed by atoms with van der Waals surface area (Å²) in [5.74, 6) is 0. The van der Waals surface area contributed by atoms with Crippen LogP contribution in [0.15, 0.2) is 41.5 Å². The molecular weight excluding hydrogens is 264 g/mol. The van der Waals surface area contributed by atoms with E-state index in [4.69, 9.17) is 12.2 Å². The van der Waals surface area contributed by atoms with Crippen LogP contribution < -0.4 is 5.32 Å². The Morgan fingerprint density at radius 2 is 2.06 bits per heavy atom. The summed E-state index contributed by atoms with van der Waals surface area (Å²) >= 11 is 9.78. The minimum atomic E-state index is 0.522. The van der Waals surface area contributed by atoms with Crippen LogP contribution in [0.25, 0.3) is 0 Å². The molecule has 0 saturated heterocycles. The molecule has 2 aromatic rings. The van der Waals surface area contributed by atoms with Crippen molar-refractivity contribution in [1.29, 1.82) is 0 Å². The lowest BCUT2D eigenvalue weighted by Gasteiger charge is -2.07. The molecule has 0 aliphatic heterocycles. The number of nitrogens with zero attached hydrogens (tertiary/aromatic N) is 3. The van der Waals surface area contributed by atoms with E-state index in [1.54, 1.807) is 4.68 Å². The van der Waals surface area contributed by atoms with Crippen molar-refractivity contribution < 1.29 is 0 Å². The Morgan fingerprint density at radius 3 is 2.61 bits per heavy atom. The molecule has 90 valence electrons. The fraction of sp³-hybridized carbons (Fsp3) is 0.0833. The summed E-state index contributed by atoms with van der Waals surface area (Å²) in [6, 6.07) is 9.30. The highest BCUT2D eigenvalue weighted by Crippen LogP contribution is 2.15. The van der Waals surface area contributed by atoms with E-state index in [0.29, 0.717) is 5.11 Å². The first-order valence-electron chi connectivity index (χ1n) is 5.20. The number of benzene rings is 1. The number of aryl methyl sites for hydroxylation is 1. The van der Waals surface area contributed by atoms with E-state index >= 15 is 0 Å². The number of aliphatic imine (C=N–C) groups is 1. The molecule has 1 aromatic heterocycles. The second-order valence-corrected chi connectivity index (χ2v) is 4.15. The Hall–Kier alpha value is -1.88. The largest absolute Gasteiger partial charge is 0.331 e. The zero-order valence-electron chi connectivity index (χ0n) is 9.62. The van der Waals surface area contributed by atoms with Crippen molar-refractivity contribution in [3.05, 3.63) is 42.2 Å². The van der Waals surface area contributed by atoms with Gasteiger partial charge in [-0.3, -0.25) is 0 Å². The summed E-state index contributed by atoms with van der Waals surface area (Å²) in [6.45, 7) is 1.91. The first-order valence-corrected chi connectivity index (χ1v) is 6.02. The third-order valence-electron chi connectivity index (χ3n) is 2.22. The van der Waals surface area contributed by atoms with Crippen molar-refractivity contribution in [3.8, 4) is 0 Å². The molecule has 0 unspecified atom stereocenters. The van der Waals surface area contributed by atoms with E-state index in [9.17, 15) is 0 Å². The van der Waals surface area contributed by atoms with Crippen LogP contribution in [-0.4, -0.2) is 20.1 Å². The molecule has 2 rings (SSSR count). The van der Waals surface area contributed by atoms with Crippen molar-refractivity contribution in [2.45, 2.75) is 6.92 Å². The molecule has 1 aromatic carbocycles. The van der Waals surface area contributed by atoms with E-state index in [0.717, 1.165) is 17.1 Å². The summed E-state index contributed by atoms with van der Waals surface area (Å²) in [5.41, 5.74) is 2.55. The molecule has 0 aliphatic rings. The minimum Gasteiger partial charge on any atom is -0.331 e. The maximum atomic E-state index is 5.24. The van der Waals surface area contributed by atoms with Crippen molar-refractivity contribution in [2.75, 3.05) is 5.32 Å². The molecule has 1 N–H and O–H groups in total. The topological polar surface area (TPSA) is 42.2 Å². The van der Waals surface area contributed by atoms with Crippen LogP contribution in [0.1, 0.15) is 5.69 Å². The summed E-state index contributed by atoms with van der Waals surface area (Å²) in [7, 11) is 0. The Bertz CT molecular complexity index is 609. The number of thiocarbonyl (C=S) groups is 2. The second kappa shape index (κ2) is 5.64. The Morgan fingerprint density at radius 1 is 1.33 bits per heavy atom. The van der Waals surface area contributed by atoms with Crippen LogP contribution in [0.3, 0.4) is 0 Å². The van der Waals surface area contributed by atoms with Gasteiger partial charge in [0.1, 0.15) is 0 Å². The fourth-order valence-electron chi connectivity index (χ4n) is 1.38. The van der Waals surface area contributed by atoms with Gasteiger partial charge >= 0.3 is 0 Å². The van der Waals surface area contributed by atoms with Crippen LogP contribution in [0.5, 0.6) is 0 Å². The summed E-state index contributed by atoms with van der Waals surface area (Å²) in [6.07, 6.45) is 1.81. The highest BCUT2D eigenvalue weighted by Gasteiger charge is 2.01. The molecule has 0 bridgehead atoms. The zero-order valence-corrected chi connectivity index (χ0v) is 11.3. The molecule has 0 atom stereocenters. The molecule has 1 heterocycles. The summed E-state index contributed by atoms with van der Waals surface area (Å²) < 4.78 is 1.62. The average molecular weight is 274 g/mol. The van der Waals surface area contributed by atoms with Gasteiger partial charge in [-0.1, -0.05) is 0 Å². The van der Waals surface area contributed by atoms with Crippen molar-refractivity contribution in [2.24, 2.45) is 4.99 Å². The van der Waals surface area contributed by atoms with Gasteiger partial charge in [0, 0.05) is 11.9 Å². The number of aromatic nitrogens is 2. The van der Waals surface area contributed by atoms with Crippen LogP contribution in [0.4, 0.5) is 11.4 Å². The predicted molar refractivity (Wildman–Crippen MR) is 79.7 cm³/mol. The number of rotatable bonds is 2. The molecule has 0 saturated carbocycles. The third kappa shape index (κ3) is 3.07. The van der Waals surface area contributed by atoms with Gasteiger partial charge in [-0.05, 0) is 61.7 Å².